The minimum absolute atomic E-state index is 0.355. The lowest BCUT2D eigenvalue weighted by Crippen LogP contribution is -2.17. The zero-order valence-electron chi connectivity index (χ0n) is 7.95. The minimum Gasteiger partial charge on any atom is -0.493 e. The Hall–Kier alpha value is -1.99. The predicted molar refractivity (Wildman–Crippen MR) is 46.3 cm³/mol. The van der Waals surface area contributed by atoms with Crippen molar-refractivity contribution < 1.29 is 27.6 Å². The Labute approximate surface area is 87.5 Å². The van der Waals surface area contributed by atoms with Gasteiger partial charge in [0.2, 0.25) is 0 Å². The molecule has 0 aromatic heterocycles. The third-order valence-electron chi connectivity index (χ3n) is 1.58. The topological polar surface area (TPSA) is 61.6 Å². The van der Waals surface area contributed by atoms with Crippen LogP contribution in [0.3, 0.4) is 0 Å². The number of nitro groups is 1. The summed E-state index contributed by atoms with van der Waals surface area (Å²) < 4.78 is 43.9. The molecule has 88 valence electrons. The molecule has 0 aliphatic heterocycles. The van der Waals surface area contributed by atoms with E-state index in [1.807, 2.05) is 0 Å². The quantitative estimate of drug-likeness (QED) is 0.598. The molecular formula is C8H6F3NO4. The molecule has 0 heterocycles. The number of alkyl halides is 3. The van der Waals surface area contributed by atoms with Crippen LogP contribution in [-0.2, 0) is 0 Å². The van der Waals surface area contributed by atoms with E-state index < -0.39 is 17.0 Å². The highest BCUT2D eigenvalue weighted by Gasteiger charge is 2.32. The van der Waals surface area contributed by atoms with E-state index in [0.717, 1.165) is 25.3 Å². The zero-order chi connectivity index (χ0) is 12.3. The van der Waals surface area contributed by atoms with Crippen molar-refractivity contribution in [3.8, 4) is 11.5 Å². The molecule has 1 aromatic carbocycles. The summed E-state index contributed by atoms with van der Waals surface area (Å²) in [5, 5.41) is 10.4. The molecule has 0 saturated heterocycles. The number of nitro benzene ring substituents is 1. The molecule has 0 spiro atoms. The lowest BCUT2D eigenvalue weighted by molar-refractivity contribution is -0.385. The summed E-state index contributed by atoms with van der Waals surface area (Å²) in [5.74, 6) is -0.980. The molecule has 5 nitrogen and oxygen atoms in total. The SMILES string of the molecule is COc1cc([N+](=O)[O-])ccc1OC(F)(F)F. The van der Waals surface area contributed by atoms with Crippen LogP contribution in [0.2, 0.25) is 0 Å². The van der Waals surface area contributed by atoms with Crippen molar-refractivity contribution in [1.82, 2.24) is 0 Å². The standard InChI is InChI=1S/C8H6F3NO4/c1-15-7-4-5(12(13)14)2-3-6(7)16-8(9,10)11/h2-4H,1H3. The highest BCUT2D eigenvalue weighted by molar-refractivity contribution is 5.48. The lowest BCUT2D eigenvalue weighted by Gasteiger charge is -2.11. The van der Waals surface area contributed by atoms with Gasteiger partial charge in [-0.25, -0.2) is 0 Å². The molecule has 0 bridgehead atoms. The molecule has 16 heavy (non-hydrogen) atoms. The summed E-state index contributed by atoms with van der Waals surface area (Å²) in [4.78, 5) is 9.60. The zero-order valence-corrected chi connectivity index (χ0v) is 7.95. The third kappa shape index (κ3) is 3.01. The van der Waals surface area contributed by atoms with Crippen molar-refractivity contribution >= 4 is 5.69 Å². The van der Waals surface area contributed by atoms with E-state index in [2.05, 4.69) is 9.47 Å². The van der Waals surface area contributed by atoms with Crippen LogP contribution < -0.4 is 9.47 Å². The van der Waals surface area contributed by atoms with Gasteiger partial charge in [0.05, 0.1) is 18.1 Å². The maximum atomic E-state index is 11.9. The second kappa shape index (κ2) is 4.25. The van der Waals surface area contributed by atoms with Crippen LogP contribution in [0.4, 0.5) is 18.9 Å². The van der Waals surface area contributed by atoms with Crippen LogP contribution in [0.5, 0.6) is 11.5 Å². The van der Waals surface area contributed by atoms with Crippen LogP contribution >= 0.6 is 0 Å². The maximum Gasteiger partial charge on any atom is 0.573 e. The first kappa shape index (κ1) is 12.1. The fourth-order valence-electron chi connectivity index (χ4n) is 0.979. The third-order valence-corrected chi connectivity index (χ3v) is 1.58. The number of nitrogens with zero attached hydrogens (tertiary/aromatic N) is 1. The number of ether oxygens (including phenoxy) is 2. The van der Waals surface area contributed by atoms with Gasteiger partial charge in [-0.1, -0.05) is 0 Å². The Balaban J connectivity index is 3.07. The first-order valence-electron chi connectivity index (χ1n) is 3.91. The smallest absolute Gasteiger partial charge is 0.493 e. The fraction of sp³-hybridized carbons (Fsp3) is 0.250. The Morgan fingerprint density at radius 3 is 2.38 bits per heavy atom. The van der Waals surface area contributed by atoms with Gasteiger partial charge in [0.1, 0.15) is 0 Å². The number of non-ortho nitro benzene ring substituents is 1. The largest absolute Gasteiger partial charge is 0.573 e. The number of methoxy groups -OCH3 is 1. The molecule has 0 aliphatic carbocycles. The van der Waals surface area contributed by atoms with Gasteiger partial charge in [0.15, 0.2) is 11.5 Å². The summed E-state index contributed by atoms with van der Waals surface area (Å²) in [6, 6.07) is 2.56. The Morgan fingerprint density at radius 1 is 1.31 bits per heavy atom. The van der Waals surface area contributed by atoms with E-state index in [-0.39, 0.29) is 11.4 Å². The van der Waals surface area contributed by atoms with Gasteiger partial charge < -0.3 is 9.47 Å². The van der Waals surface area contributed by atoms with Crippen molar-refractivity contribution in [3.63, 3.8) is 0 Å². The van der Waals surface area contributed by atoms with Crippen LogP contribution in [0, 0.1) is 10.1 Å². The second-order valence-corrected chi connectivity index (χ2v) is 2.64. The molecule has 0 unspecified atom stereocenters. The lowest BCUT2D eigenvalue weighted by atomic mass is 10.3. The Bertz CT molecular complexity index is 405. The number of hydrogen-bond acceptors (Lipinski definition) is 4. The molecule has 0 radical (unpaired) electrons. The van der Waals surface area contributed by atoms with Crippen LogP contribution in [-0.4, -0.2) is 18.4 Å². The van der Waals surface area contributed by atoms with Gasteiger partial charge >= 0.3 is 6.36 Å². The molecule has 0 N–H and O–H groups in total. The van der Waals surface area contributed by atoms with E-state index >= 15 is 0 Å². The monoisotopic (exact) mass is 237 g/mol. The minimum atomic E-state index is -4.87. The Morgan fingerprint density at radius 2 is 1.94 bits per heavy atom. The first-order chi connectivity index (χ1) is 7.33. The van der Waals surface area contributed by atoms with Crippen LogP contribution in [0.25, 0.3) is 0 Å². The number of halogens is 3. The Kier molecular flexibility index (Phi) is 3.21. The summed E-state index contributed by atoms with van der Waals surface area (Å²) in [6.45, 7) is 0. The van der Waals surface area contributed by atoms with Gasteiger partial charge in [-0.05, 0) is 6.07 Å². The second-order valence-electron chi connectivity index (χ2n) is 2.64. The molecule has 0 saturated carbocycles. The van der Waals surface area contributed by atoms with E-state index in [0.29, 0.717) is 0 Å². The first-order valence-corrected chi connectivity index (χ1v) is 3.91. The summed E-state index contributed by atoms with van der Waals surface area (Å²) >= 11 is 0. The molecule has 0 aliphatic rings. The maximum absolute atomic E-state index is 11.9. The average molecular weight is 237 g/mol. The van der Waals surface area contributed by atoms with Gasteiger partial charge in [-0.15, -0.1) is 13.2 Å². The van der Waals surface area contributed by atoms with Crippen molar-refractivity contribution in [2.24, 2.45) is 0 Å². The average Bonchev–Trinajstić information content (AvgIpc) is 2.15. The highest BCUT2D eigenvalue weighted by Crippen LogP contribution is 2.34. The van der Waals surface area contributed by atoms with E-state index in [1.165, 1.54) is 0 Å². The number of hydrogen-bond donors (Lipinski definition) is 0. The molecule has 0 fully saturated rings. The van der Waals surface area contributed by atoms with Gasteiger partial charge in [0, 0.05) is 6.07 Å². The molecule has 0 atom stereocenters. The number of benzene rings is 1. The summed E-state index contributed by atoms with van der Waals surface area (Å²) in [5.41, 5.74) is -0.383. The molecular weight excluding hydrogens is 231 g/mol. The van der Waals surface area contributed by atoms with Gasteiger partial charge in [-0.3, -0.25) is 10.1 Å². The van der Waals surface area contributed by atoms with Crippen molar-refractivity contribution in [1.29, 1.82) is 0 Å². The summed E-state index contributed by atoms with van der Waals surface area (Å²) in [6.07, 6.45) is -4.87. The van der Waals surface area contributed by atoms with Gasteiger partial charge in [0.25, 0.3) is 5.69 Å². The van der Waals surface area contributed by atoms with E-state index in [4.69, 9.17) is 0 Å². The van der Waals surface area contributed by atoms with Crippen LogP contribution in [0.1, 0.15) is 0 Å². The van der Waals surface area contributed by atoms with Gasteiger partial charge in [-0.2, -0.15) is 0 Å². The van der Waals surface area contributed by atoms with E-state index in [9.17, 15) is 23.3 Å². The predicted octanol–water partition coefficient (Wildman–Crippen LogP) is 2.50. The van der Waals surface area contributed by atoms with Crippen molar-refractivity contribution in [3.05, 3.63) is 28.3 Å². The fourth-order valence-corrected chi connectivity index (χ4v) is 0.979. The normalized spacial score (nSPS) is 11.0. The molecule has 1 aromatic rings. The number of rotatable bonds is 3. The van der Waals surface area contributed by atoms with Crippen molar-refractivity contribution in [2.75, 3.05) is 7.11 Å². The van der Waals surface area contributed by atoms with E-state index in [1.54, 1.807) is 0 Å². The summed E-state index contributed by atoms with van der Waals surface area (Å²) in [7, 11) is 1.09. The highest BCUT2D eigenvalue weighted by atomic mass is 19.4. The van der Waals surface area contributed by atoms with Crippen LogP contribution in [0.15, 0.2) is 18.2 Å². The molecule has 0 amide bonds. The van der Waals surface area contributed by atoms with Crippen molar-refractivity contribution in [2.45, 2.75) is 6.36 Å². The molecule has 1 rings (SSSR count). The molecule has 8 heteroatoms.